The molecule has 1 aromatic carbocycles. The van der Waals surface area contributed by atoms with Gasteiger partial charge in [-0.3, -0.25) is 15.0 Å². The highest BCUT2D eigenvalue weighted by Crippen LogP contribution is 2.20. The van der Waals surface area contributed by atoms with Crippen molar-refractivity contribution in [3.63, 3.8) is 0 Å². The molecule has 1 N–H and O–H groups in total. The smallest absolute Gasteiger partial charge is 0.273 e. The van der Waals surface area contributed by atoms with Crippen molar-refractivity contribution in [2.45, 2.75) is 39.5 Å². The van der Waals surface area contributed by atoms with Gasteiger partial charge in [0, 0.05) is 30.8 Å². The van der Waals surface area contributed by atoms with E-state index in [1.165, 1.54) is 6.07 Å². The van der Waals surface area contributed by atoms with Gasteiger partial charge >= 0.3 is 0 Å². The Bertz CT molecular complexity index is 405. The highest BCUT2D eigenvalue weighted by molar-refractivity contribution is 5.39. The molecule has 1 atom stereocenters. The first-order chi connectivity index (χ1) is 8.41. The summed E-state index contributed by atoms with van der Waals surface area (Å²) < 4.78 is 0. The van der Waals surface area contributed by atoms with E-state index in [0.717, 1.165) is 0 Å². The molecule has 0 aromatic heterocycles. The van der Waals surface area contributed by atoms with E-state index in [1.54, 1.807) is 25.1 Å². The molecule has 0 radical (unpaired) electrons. The Kier molecular flexibility index (Phi) is 5.25. The quantitative estimate of drug-likeness (QED) is 0.622. The second kappa shape index (κ2) is 6.47. The van der Waals surface area contributed by atoms with Gasteiger partial charge in [0.2, 0.25) is 0 Å². The van der Waals surface area contributed by atoms with Gasteiger partial charge in [-0.2, -0.15) is 0 Å². The normalized spacial score (nSPS) is 13.0. The highest BCUT2D eigenvalue weighted by Gasteiger charge is 2.18. The number of nitro benzene ring substituents is 1. The van der Waals surface area contributed by atoms with Crippen molar-refractivity contribution < 1.29 is 10.0 Å². The maximum absolute atomic E-state index is 10.9. The molecule has 0 aliphatic heterocycles. The lowest BCUT2D eigenvalue weighted by Gasteiger charge is -2.27. The Morgan fingerprint density at radius 1 is 1.33 bits per heavy atom. The minimum absolute atomic E-state index is 0.133. The van der Waals surface area contributed by atoms with E-state index < -0.39 is 6.10 Å². The number of rotatable bonds is 6. The minimum atomic E-state index is -0.449. The van der Waals surface area contributed by atoms with Crippen molar-refractivity contribution in [1.82, 2.24) is 4.90 Å². The first kappa shape index (κ1) is 14.6. The number of benzene rings is 1. The van der Waals surface area contributed by atoms with E-state index in [2.05, 4.69) is 0 Å². The lowest BCUT2D eigenvalue weighted by atomic mass is 10.1. The maximum atomic E-state index is 10.9. The van der Waals surface area contributed by atoms with Crippen LogP contribution in [-0.2, 0) is 6.54 Å². The zero-order valence-electron chi connectivity index (χ0n) is 11.0. The molecule has 0 bridgehead atoms. The fraction of sp³-hybridized carbons (Fsp3) is 0.538. The second-order valence-corrected chi connectivity index (χ2v) is 4.76. The molecule has 100 valence electrons. The van der Waals surface area contributed by atoms with Gasteiger partial charge in [0.1, 0.15) is 0 Å². The van der Waals surface area contributed by atoms with E-state index in [0.29, 0.717) is 18.7 Å². The van der Waals surface area contributed by atoms with Crippen molar-refractivity contribution in [3.05, 3.63) is 39.9 Å². The van der Waals surface area contributed by atoms with Crippen molar-refractivity contribution in [2.24, 2.45) is 0 Å². The van der Waals surface area contributed by atoms with Gasteiger partial charge in [-0.1, -0.05) is 18.2 Å². The molecule has 18 heavy (non-hydrogen) atoms. The lowest BCUT2D eigenvalue weighted by Crippen LogP contribution is -2.36. The first-order valence-corrected chi connectivity index (χ1v) is 6.06. The van der Waals surface area contributed by atoms with Gasteiger partial charge in [-0.05, 0) is 20.8 Å². The van der Waals surface area contributed by atoms with Gasteiger partial charge < -0.3 is 5.11 Å². The number of hydrogen-bond acceptors (Lipinski definition) is 4. The Morgan fingerprint density at radius 2 is 1.94 bits per heavy atom. The Labute approximate surface area is 107 Å². The average Bonchev–Trinajstić information content (AvgIpc) is 2.27. The first-order valence-electron chi connectivity index (χ1n) is 6.06. The standard InChI is InChI=1S/C13H20N2O3/c1-10(2)14(8-11(3)16)9-12-6-4-5-7-13(12)15(17)18/h4-7,10-11,16H,8-9H2,1-3H3. The van der Waals surface area contributed by atoms with Crippen LogP contribution in [0.4, 0.5) is 5.69 Å². The van der Waals surface area contributed by atoms with Crippen LogP contribution in [-0.4, -0.2) is 33.6 Å². The van der Waals surface area contributed by atoms with Crippen LogP contribution in [0.5, 0.6) is 0 Å². The van der Waals surface area contributed by atoms with E-state index in [9.17, 15) is 15.2 Å². The summed E-state index contributed by atoms with van der Waals surface area (Å²) in [5.41, 5.74) is 0.811. The molecule has 0 saturated heterocycles. The second-order valence-electron chi connectivity index (χ2n) is 4.76. The third-order valence-electron chi connectivity index (χ3n) is 2.79. The Morgan fingerprint density at radius 3 is 2.44 bits per heavy atom. The topological polar surface area (TPSA) is 66.6 Å². The molecule has 5 nitrogen and oxygen atoms in total. The summed E-state index contributed by atoms with van der Waals surface area (Å²) in [7, 11) is 0. The number of nitro groups is 1. The summed E-state index contributed by atoms with van der Waals surface area (Å²) in [4.78, 5) is 12.6. The summed E-state index contributed by atoms with van der Waals surface area (Å²) in [5.74, 6) is 0. The Balaban J connectivity index is 2.90. The van der Waals surface area contributed by atoms with Gasteiger partial charge in [0.15, 0.2) is 0 Å². The van der Waals surface area contributed by atoms with Crippen molar-refractivity contribution >= 4 is 5.69 Å². The summed E-state index contributed by atoms with van der Waals surface area (Å²) in [5, 5.41) is 20.4. The van der Waals surface area contributed by atoms with Crippen LogP contribution in [0.3, 0.4) is 0 Å². The third kappa shape index (κ3) is 4.09. The monoisotopic (exact) mass is 252 g/mol. The number of para-hydroxylation sites is 1. The number of hydrogen-bond donors (Lipinski definition) is 1. The van der Waals surface area contributed by atoms with Gasteiger partial charge in [0.25, 0.3) is 5.69 Å². The number of aliphatic hydroxyl groups is 1. The molecule has 1 rings (SSSR count). The van der Waals surface area contributed by atoms with Crippen molar-refractivity contribution in [1.29, 1.82) is 0 Å². The number of nitrogens with zero attached hydrogens (tertiary/aromatic N) is 2. The molecule has 1 aromatic rings. The molecule has 0 amide bonds. The lowest BCUT2D eigenvalue weighted by molar-refractivity contribution is -0.385. The summed E-state index contributed by atoms with van der Waals surface area (Å²) >= 11 is 0. The molecule has 0 heterocycles. The van der Waals surface area contributed by atoms with Crippen LogP contribution < -0.4 is 0 Å². The molecule has 5 heteroatoms. The van der Waals surface area contributed by atoms with Crippen LogP contribution in [0.15, 0.2) is 24.3 Å². The van der Waals surface area contributed by atoms with Gasteiger partial charge in [-0.25, -0.2) is 0 Å². The highest BCUT2D eigenvalue weighted by atomic mass is 16.6. The molecule has 1 unspecified atom stereocenters. The van der Waals surface area contributed by atoms with E-state index in [-0.39, 0.29) is 16.7 Å². The predicted octanol–water partition coefficient (Wildman–Crippen LogP) is 2.19. The predicted molar refractivity (Wildman–Crippen MR) is 70.3 cm³/mol. The maximum Gasteiger partial charge on any atom is 0.273 e. The summed E-state index contributed by atoms with van der Waals surface area (Å²) in [6.45, 7) is 6.71. The van der Waals surface area contributed by atoms with Crippen LogP contribution in [0.1, 0.15) is 26.3 Å². The van der Waals surface area contributed by atoms with Crippen LogP contribution >= 0.6 is 0 Å². The van der Waals surface area contributed by atoms with Crippen LogP contribution in [0.25, 0.3) is 0 Å². The summed E-state index contributed by atoms with van der Waals surface area (Å²) in [6, 6.07) is 6.95. The molecule has 0 aliphatic carbocycles. The van der Waals surface area contributed by atoms with E-state index in [1.807, 2.05) is 18.7 Å². The molecule has 0 aliphatic rings. The molecule has 0 saturated carbocycles. The molecular weight excluding hydrogens is 232 g/mol. The number of aliphatic hydroxyl groups excluding tert-OH is 1. The SMILES string of the molecule is CC(O)CN(Cc1ccccc1[N+](=O)[O-])C(C)C. The van der Waals surface area contributed by atoms with Gasteiger partial charge in [-0.15, -0.1) is 0 Å². The fourth-order valence-corrected chi connectivity index (χ4v) is 1.84. The minimum Gasteiger partial charge on any atom is -0.392 e. The molecular formula is C13H20N2O3. The third-order valence-corrected chi connectivity index (χ3v) is 2.79. The van der Waals surface area contributed by atoms with Crippen LogP contribution in [0, 0.1) is 10.1 Å². The molecule has 0 fully saturated rings. The van der Waals surface area contributed by atoms with Crippen LogP contribution in [0.2, 0.25) is 0 Å². The van der Waals surface area contributed by atoms with Gasteiger partial charge in [0.05, 0.1) is 11.0 Å². The van der Waals surface area contributed by atoms with Crippen molar-refractivity contribution in [2.75, 3.05) is 6.54 Å². The van der Waals surface area contributed by atoms with E-state index >= 15 is 0 Å². The Hall–Kier alpha value is -1.46. The zero-order chi connectivity index (χ0) is 13.7. The molecule has 0 spiro atoms. The average molecular weight is 252 g/mol. The van der Waals surface area contributed by atoms with E-state index in [4.69, 9.17) is 0 Å². The van der Waals surface area contributed by atoms with Crippen molar-refractivity contribution in [3.8, 4) is 0 Å². The summed E-state index contributed by atoms with van der Waals surface area (Å²) in [6.07, 6.45) is -0.449. The largest absolute Gasteiger partial charge is 0.392 e. The fourth-order valence-electron chi connectivity index (χ4n) is 1.84. The zero-order valence-corrected chi connectivity index (χ0v) is 11.0.